The fourth-order valence-corrected chi connectivity index (χ4v) is 2.10. The van der Waals surface area contributed by atoms with Gasteiger partial charge in [-0.2, -0.15) is 0 Å². The molecule has 0 saturated carbocycles. The lowest BCUT2D eigenvalue weighted by Gasteiger charge is -2.07. The first-order chi connectivity index (χ1) is 9.06. The van der Waals surface area contributed by atoms with Gasteiger partial charge >= 0.3 is 0 Å². The number of benzene rings is 1. The molecule has 6 heteroatoms. The van der Waals surface area contributed by atoms with E-state index in [1.807, 2.05) is 0 Å². The van der Waals surface area contributed by atoms with E-state index in [4.69, 9.17) is 11.6 Å². The fraction of sp³-hybridized carbons (Fsp3) is 0.0769. The van der Waals surface area contributed by atoms with Gasteiger partial charge in [0, 0.05) is 10.6 Å². The second-order valence-electron chi connectivity index (χ2n) is 3.77. The van der Waals surface area contributed by atoms with Crippen LogP contribution in [0.2, 0.25) is 5.02 Å². The maximum absolute atomic E-state index is 13.5. The van der Waals surface area contributed by atoms with E-state index in [9.17, 15) is 9.18 Å². The zero-order chi connectivity index (χ0) is 13.8. The maximum Gasteiger partial charge on any atom is 0.230 e. The highest BCUT2D eigenvalue weighted by molar-refractivity contribution is 9.10. The number of pyridine rings is 1. The van der Waals surface area contributed by atoms with Crippen LogP contribution >= 0.6 is 27.5 Å². The van der Waals surface area contributed by atoms with Crippen LogP contribution in [-0.4, -0.2) is 10.9 Å². The van der Waals surface area contributed by atoms with Gasteiger partial charge < -0.3 is 5.32 Å². The summed E-state index contributed by atoms with van der Waals surface area (Å²) in [7, 11) is 0. The lowest BCUT2D eigenvalue weighted by atomic mass is 10.1. The molecule has 0 fully saturated rings. The first-order valence-corrected chi connectivity index (χ1v) is 6.58. The van der Waals surface area contributed by atoms with Gasteiger partial charge in [0.2, 0.25) is 5.91 Å². The largest absolute Gasteiger partial charge is 0.310 e. The molecule has 0 aliphatic carbocycles. The van der Waals surface area contributed by atoms with Gasteiger partial charge in [-0.1, -0.05) is 23.7 Å². The van der Waals surface area contributed by atoms with Crippen LogP contribution in [0.5, 0.6) is 0 Å². The van der Waals surface area contributed by atoms with Gasteiger partial charge in [-0.15, -0.1) is 0 Å². The third kappa shape index (κ3) is 3.75. The highest BCUT2D eigenvalue weighted by atomic mass is 79.9. The third-order valence-electron chi connectivity index (χ3n) is 2.38. The number of carbonyl (C=O) groups is 1. The summed E-state index contributed by atoms with van der Waals surface area (Å²) in [5.41, 5.74) is 0.177. The van der Waals surface area contributed by atoms with Crippen molar-refractivity contribution >= 4 is 39.3 Å². The average molecular weight is 344 g/mol. The van der Waals surface area contributed by atoms with E-state index in [0.29, 0.717) is 10.4 Å². The number of nitrogens with zero attached hydrogens (tertiary/aromatic N) is 1. The van der Waals surface area contributed by atoms with Crippen LogP contribution in [0.15, 0.2) is 41.0 Å². The molecular formula is C13H9BrClFN2O. The standard InChI is InChI=1S/C13H9BrClFN2O/c14-11-5-2-6-12(17-11)18-13(19)7-8-9(15)3-1-4-10(8)16/h1-6H,7H2,(H,17,18,19). The van der Waals surface area contributed by atoms with Gasteiger partial charge in [0.05, 0.1) is 6.42 Å². The summed E-state index contributed by atoms with van der Waals surface area (Å²) in [6, 6.07) is 9.43. The summed E-state index contributed by atoms with van der Waals surface area (Å²) in [6.45, 7) is 0. The number of nitrogens with one attached hydrogen (secondary N) is 1. The maximum atomic E-state index is 13.5. The van der Waals surface area contributed by atoms with Crippen molar-refractivity contribution in [2.24, 2.45) is 0 Å². The zero-order valence-corrected chi connectivity index (χ0v) is 12.0. The smallest absolute Gasteiger partial charge is 0.230 e. The van der Waals surface area contributed by atoms with Gasteiger partial charge in [-0.3, -0.25) is 4.79 Å². The lowest BCUT2D eigenvalue weighted by molar-refractivity contribution is -0.115. The van der Waals surface area contributed by atoms with Crippen LogP contribution < -0.4 is 5.32 Å². The van der Waals surface area contributed by atoms with Gasteiger partial charge in [-0.25, -0.2) is 9.37 Å². The van der Waals surface area contributed by atoms with E-state index in [2.05, 4.69) is 26.2 Å². The number of carbonyl (C=O) groups excluding carboxylic acids is 1. The van der Waals surface area contributed by atoms with Gasteiger partial charge in [-0.05, 0) is 40.2 Å². The molecule has 1 N–H and O–H groups in total. The minimum Gasteiger partial charge on any atom is -0.310 e. The van der Waals surface area contributed by atoms with E-state index in [-0.39, 0.29) is 22.9 Å². The number of rotatable bonds is 3. The number of hydrogen-bond donors (Lipinski definition) is 1. The molecule has 0 aliphatic rings. The minimum absolute atomic E-state index is 0.139. The number of amides is 1. The molecule has 0 spiro atoms. The minimum atomic E-state index is -0.496. The molecule has 0 atom stereocenters. The summed E-state index contributed by atoms with van der Waals surface area (Å²) >= 11 is 9.06. The van der Waals surface area contributed by atoms with E-state index in [1.165, 1.54) is 12.1 Å². The molecule has 1 aromatic heterocycles. The Morgan fingerprint density at radius 2 is 2.05 bits per heavy atom. The third-order valence-corrected chi connectivity index (χ3v) is 3.18. The van der Waals surface area contributed by atoms with Crippen LogP contribution in [0.3, 0.4) is 0 Å². The molecule has 2 rings (SSSR count). The second kappa shape index (κ2) is 6.12. The van der Waals surface area contributed by atoms with Crippen LogP contribution in [0.25, 0.3) is 0 Å². The fourth-order valence-electron chi connectivity index (χ4n) is 1.53. The van der Waals surface area contributed by atoms with Crippen molar-refractivity contribution < 1.29 is 9.18 Å². The van der Waals surface area contributed by atoms with Crippen LogP contribution in [-0.2, 0) is 11.2 Å². The highest BCUT2D eigenvalue weighted by Gasteiger charge is 2.12. The van der Waals surface area contributed by atoms with Crippen molar-refractivity contribution in [3.8, 4) is 0 Å². The van der Waals surface area contributed by atoms with Crippen molar-refractivity contribution in [2.45, 2.75) is 6.42 Å². The highest BCUT2D eigenvalue weighted by Crippen LogP contribution is 2.20. The van der Waals surface area contributed by atoms with E-state index < -0.39 is 5.82 Å². The Kier molecular flexibility index (Phi) is 4.50. The summed E-state index contributed by atoms with van der Waals surface area (Å²) in [5, 5.41) is 2.81. The van der Waals surface area contributed by atoms with Gasteiger partial charge in [0.25, 0.3) is 0 Å². The second-order valence-corrected chi connectivity index (χ2v) is 4.99. The molecule has 0 unspecified atom stereocenters. The van der Waals surface area contributed by atoms with Gasteiger partial charge in [0.15, 0.2) is 0 Å². The van der Waals surface area contributed by atoms with Gasteiger partial charge in [0.1, 0.15) is 16.2 Å². The predicted octanol–water partition coefficient (Wildman–Crippen LogP) is 3.82. The Bertz CT molecular complexity index is 601. The number of hydrogen-bond acceptors (Lipinski definition) is 2. The molecule has 1 heterocycles. The van der Waals surface area contributed by atoms with Crippen molar-refractivity contribution in [1.82, 2.24) is 4.98 Å². The first-order valence-electron chi connectivity index (χ1n) is 5.41. The Morgan fingerprint density at radius 3 is 2.74 bits per heavy atom. The molecule has 2 aromatic rings. The lowest BCUT2D eigenvalue weighted by Crippen LogP contribution is -2.16. The molecule has 19 heavy (non-hydrogen) atoms. The monoisotopic (exact) mass is 342 g/mol. The van der Waals surface area contributed by atoms with Crippen molar-refractivity contribution in [3.05, 3.63) is 57.4 Å². The Hall–Kier alpha value is -1.46. The Balaban J connectivity index is 2.10. The topological polar surface area (TPSA) is 42.0 Å². The zero-order valence-electron chi connectivity index (χ0n) is 9.66. The van der Waals surface area contributed by atoms with Crippen molar-refractivity contribution in [1.29, 1.82) is 0 Å². The Morgan fingerprint density at radius 1 is 1.32 bits per heavy atom. The van der Waals surface area contributed by atoms with Crippen molar-refractivity contribution in [3.63, 3.8) is 0 Å². The SMILES string of the molecule is O=C(Cc1c(F)cccc1Cl)Nc1cccc(Br)n1. The summed E-state index contributed by atoms with van der Waals surface area (Å²) in [5.74, 6) is -0.478. The van der Waals surface area contributed by atoms with Crippen LogP contribution in [0.4, 0.5) is 10.2 Å². The number of halogens is 3. The average Bonchev–Trinajstić information content (AvgIpc) is 2.34. The molecule has 1 amide bonds. The molecule has 0 radical (unpaired) electrons. The normalized spacial score (nSPS) is 10.3. The molecule has 0 saturated heterocycles. The first kappa shape index (κ1) is 14.0. The summed E-state index contributed by atoms with van der Waals surface area (Å²) in [6.07, 6.45) is -0.139. The number of aromatic nitrogens is 1. The predicted molar refractivity (Wildman–Crippen MR) is 75.7 cm³/mol. The van der Waals surface area contributed by atoms with Crippen molar-refractivity contribution in [2.75, 3.05) is 5.32 Å². The quantitative estimate of drug-likeness (QED) is 0.861. The van der Waals surface area contributed by atoms with Crippen LogP contribution in [0.1, 0.15) is 5.56 Å². The molecule has 0 bridgehead atoms. The molecule has 0 aliphatic heterocycles. The molecule has 1 aromatic carbocycles. The molecule has 3 nitrogen and oxygen atoms in total. The van der Waals surface area contributed by atoms with E-state index in [1.54, 1.807) is 24.3 Å². The van der Waals surface area contributed by atoms with E-state index >= 15 is 0 Å². The Labute approximate surface area is 122 Å². The van der Waals surface area contributed by atoms with E-state index in [0.717, 1.165) is 0 Å². The summed E-state index contributed by atoms with van der Waals surface area (Å²) in [4.78, 5) is 15.9. The summed E-state index contributed by atoms with van der Waals surface area (Å²) < 4.78 is 14.1. The number of anilines is 1. The molecule has 98 valence electrons. The molecular weight excluding hydrogens is 335 g/mol. The van der Waals surface area contributed by atoms with Crippen LogP contribution in [0, 0.1) is 5.82 Å².